The lowest BCUT2D eigenvalue weighted by Crippen LogP contribution is -2.33. The van der Waals surface area contributed by atoms with Crippen LogP contribution in [0.5, 0.6) is 0 Å². The number of anilines is 1. The largest absolute Gasteiger partial charge is 0.371 e. The number of rotatable bonds is 4. The Hall–Kier alpha value is -3.61. The number of nitrogens with zero attached hydrogens (tertiary/aromatic N) is 5. The van der Waals surface area contributed by atoms with Crippen LogP contribution in [0.25, 0.3) is 5.82 Å². The highest BCUT2D eigenvalue weighted by atomic mass is 16.5. The van der Waals surface area contributed by atoms with Crippen LogP contribution in [0.2, 0.25) is 0 Å². The molecule has 9 nitrogen and oxygen atoms in total. The minimum Gasteiger partial charge on any atom is -0.371 e. The highest BCUT2D eigenvalue weighted by molar-refractivity contribution is 6.03. The van der Waals surface area contributed by atoms with E-state index in [2.05, 4.69) is 25.7 Å². The van der Waals surface area contributed by atoms with Crippen LogP contribution >= 0.6 is 0 Å². The van der Waals surface area contributed by atoms with Crippen molar-refractivity contribution in [3.8, 4) is 11.9 Å². The normalized spacial score (nSPS) is 16.3. The van der Waals surface area contributed by atoms with Gasteiger partial charge in [0.15, 0.2) is 11.5 Å². The summed E-state index contributed by atoms with van der Waals surface area (Å²) < 4.78 is 7.15. The average Bonchev–Trinajstić information content (AvgIpc) is 3.25. The molecular weight excluding hydrogens is 358 g/mol. The molecule has 1 saturated heterocycles. The second-order valence-corrected chi connectivity index (χ2v) is 6.18. The molecule has 2 N–H and O–H groups in total. The van der Waals surface area contributed by atoms with Gasteiger partial charge in [0, 0.05) is 25.0 Å². The standard InChI is InChI=1S/C19H17N7O2/c20-7-16-9-23-18(11-22-16)26-12-14(8-24-26)19(27)25-15-3-1-13(2-4-15)17-10-21-5-6-28-17/h1-4,8-9,11-12,17,21H,5-6,10H2,(H,25,27)/t17-/m1/s1. The molecule has 1 aliphatic rings. The molecule has 1 fully saturated rings. The van der Waals surface area contributed by atoms with Gasteiger partial charge in [0.25, 0.3) is 5.91 Å². The lowest BCUT2D eigenvalue weighted by atomic mass is 10.1. The molecular formula is C19H17N7O2. The maximum atomic E-state index is 12.5. The van der Waals surface area contributed by atoms with Crippen molar-refractivity contribution in [3.05, 3.63) is 65.9 Å². The number of benzene rings is 1. The average molecular weight is 375 g/mol. The number of nitriles is 1. The smallest absolute Gasteiger partial charge is 0.258 e. The van der Waals surface area contributed by atoms with Crippen molar-refractivity contribution in [3.63, 3.8) is 0 Å². The molecule has 1 aliphatic heterocycles. The Morgan fingerprint density at radius 2 is 2.11 bits per heavy atom. The summed E-state index contributed by atoms with van der Waals surface area (Å²) in [4.78, 5) is 20.5. The molecule has 0 saturated carbocycles. The van der Waals surface area contributed by atoms with Crippen molar-refractivity contribution in [1.82, 2.24) is 25.1 Å². The quantitative estimate of drug-likeness (QED) is 0.708. The van der Waals surface area contributed by atoms with Gasteiger partial charge in [0.1, 0.15) is 6.07 Å². The Kier molecular flexibility index (Phi) is 5.05. The summed E-state index contributed by atoms with van der Waals surface area (Å²) in [5.74, 6) is 0.139. The minimum absolute atomic E-state index is 0.0327. The van der Waals surface area contributed by atoms with Crippen LogP contribution in [0.15, 0.2) is 49.1 Å². The van der Waals surface area contributed by atoms with Gasteiger partial charge in [-0.25, -0.2) is 14.6 Å². The summed E-state index contributed by atoms with van der Waals surface area (Å²) in [6, 6.07) is 9.50. The first-order chi connectivity index (χ1) is 13.7. The van der Waals surface area contributed by atoms with E-state index in [1.807, 2.05) is 30.3 Å². The summed E-state index contributed by atoms with van der Waals surface area (Å²) in [5.41, 5.74) is 2.35. The van der Waals surface area contributed by atoms with Crippen LogP contribution in [0.3, 0.4) is 0 Å². The Morgan fingerprint density at radius 1 is 1.25 bits per heavy atom. The van der Waals surface area contributed by atoms with Gasteiger partial charge in [-0.15, -0.1) is 0 Å². The van der Waals surface area contributed by atoms with Crippen LogP contribution in [0, 0.1) is 11.3 Å². The molecule has 3 aromatic rings. The number of carbonyl (C=O) groups excluding carboxylic acids is 1. The molecule has 0 radical (unpaired) electrons. The molecule has 0 aliphatic carbocycles. The number of aromatic nitrogens is 4. The maximum Gasteiger partial charge on any atom is 0.258 e. The van der Waals surface area contributed by atoms with Crippen molar-refractivity contribution < 1.29 is 9.53 Å². The van der Waals surface area contributed by atoms with Crippen LogP contribution in [0.1, 0.15) is 27.7 Å². The summed E-state index contributed by atoms with van der Waals surface area (Å²) in [7, 11) is 0. The van der Waals surface area contributed by atoms with E-state index < -0.39 is 0 Å². The van der Waals surface area contributed by atoms with E-state index in [9.17, 15) is 4.79 Å². The Morgan fingerprint density at radius 3 is 2.79 bits per heavy atom. The van der Waals surface area contributed by atoms with E-state index in [4.69, 9.17) is 10.00 Å². The van der Waals surface area contributed by atoms with Gasteiger partial charge in [-0.1, -0.05) is 12.1 Å². The van der Waals surface area contributed by atoms with Crippen LogP contribution in [-0.4, -0.2) is 45.4 Å². The number of ether oxygens (including phenoxy) is 1. The number of amides is 1. The first kappa shape index (κ1) is 17.8. The van der Waals surface area contributed by atoms with E-state index >= 15 is 0 Å². The SMILES string of the molecule is N#Cc1cnc(-n2cc(C(=O)Nc3ccc([C@H]4CNCCO4)cc3)cn2)cn1. The van der Waals surface area contributed by atoms with Gasteiger partial charge < -0.3 is 15.4 Å². The maximum absolute atomic E-state index is 12.5. The molecule has 0 bridgehead atoms. The number of nitrogens with one attached hydrogen (secondary N) is 2. The Balaban J connectivity index is 1.42. The highest BCUT2D eigenvalue weighted by Gasteiger charge is 2.16. The topological polar surface area (TPSA) is 118 Å². The van der Waals surface area contributed by atoms with Crippen molar-refractivity contribution in [2.24, 2.45) is 0 Å². The zero-order valence-corrected chi connectivity index (χ0v) is 14.9. The van der Waals surface area contributed by atoms with Gasteiger partial charge in [-0.3, -0.25) is 4.79 Å². The highest BCUT2D eigenvalue weighted by Crippen LogP contribution is 2.21. The second-order valence-electron chi connectivity index (χ2n) is 6.18. The van der Waals surface area contributed by atoms with E-state index in [-0.39, 0.29) is 17.7 Å². The fourth-order valence-electron chi connectivity index (χ4n) is 2.83. The molecule has 140 valence electrons. The lowest BCUT2D eigenvalue weighted by molar-refractivity contribution is 0.0277. The second kappa shape index (κ2) is 7.96. The van der Waals surface area contributed by atoms with Gasteiger partial charge in [-0.2, -0.15) is 10.4 Å². The molecule has 9 heteroatoms. The monoisotopic (exact) mass is 375 g/mol. The molecule has 0 spiro atoms. The first-order valence-corrected chi connectivity index (χ1v) is 8.74. The van der Waals surface area contributed by atoms with Gasteiger partial charge in [0.2, 0.25) is 0 Å². The van der Waals surface area contributed by atoms with E-state index in [0.717, 1.165) is 18.7 Å². The van der Waals surface area contributed by atoms with Gasteiger partial charge in [0.05, 0.1) is 36.9 Å². The molecule has 4 rings (SSSR count). The van der Waals surface area contributed by atoms with Gasteiger partial charge in [-0.05, 0) is 17.7 Å². The zero-order chi connectivity index (χ0) is 19.3. The predicted molar refractivity (Wildman–Crippen MR) is 99.8 cm³/mol. The summed E-state index contributed by atoms with van der Waals surface area (Å²) in [6.07, 6.45) is 5.81. The van der Waals surface area contributed by atoms with Crippen LogP contribution in [-0.2, 0) is 4.74 Å². The first-order valence-electron chi connectivity index (χ1n) is 8.74. The summed E-state index contributed by atoms with van der Waals surface area (Å²) in [6.45, 7) is 2.34. The van der Waals surface area contributed by atoms with Crippen molar-refractivity contribution >= 4 is 11.6 Å². The van der Waals surface area contributed by atoms with Crippen LogP contribution < -0.4 is 10.6 Å². The molecule has 1 aromatic carbocycles. The van der Waals surface area contributed by atoms with Crippen molar-refractivity contribution in [1.29, 1.82) is 5.26 Å². The zero-order valence-electron chi connectivity index (χ0n) is 14.9. The summed E-state index contributed by atoms with van der Waals surface area (Å²) in [5, 5.41) is 19.0. The van der Waals surface area contributed by atoms with E-state index in [1.54, 1.807) is 6.20 Å². The lowest BCUT2D eigenvalue weighted by Gasteiger charge is -2.24. The number of hydrogen-bond acceptors (Lipinski definition) is 7. The molecule has 1 atom stereocenters. The predicted octanol–water partition coefficient (Wildman–Crippen LogP) is 1.45. The van der Waals surface area contributed by atoms with E-state index in [1.165, 1.54) is 23.3 Å². The van der Waals surface area contributed by atoms with Crippen LogP contribution in [0.4, 0.5) is 5.69 Å². The van der Waals surface area contributed by atoms with E-state index in [0.29, 0.717) is 23.7 Å². The molecule has 1 amide bonds. The fraction of sp³-hybridized carbons (Fsp3) is 0.211. The van der Waals surface area contributed by atoms with Crippen molar-refractivity contribution in [2.45, 2.75) is 6.10 Å². The Bertz CT molecular complexity index is 1000. The number of carbonyl (C=O) groups is 1. The van der Waals surface area contributed by atoms with Crippen molar-refractivity contribution in [2.75, 3.05) is 25.0 Å². The Labute approximate surface area is 161 Å². The fourth-order valence-corrected chi connectivity index (χ4v) is 2.83. The molecule has 2 aromatic heterocycles. The number of hydrogen-bond donors (Lipinski definition) is 2. The minimum atomic E-state index is -0.281. The third-order valence-electron chi connectivity index (χ3n) is 4.30. The molecule has 0 unspecified atom stereocenters. The molecule has 3 heterocycles. The summed E-state index contributed by atoms with van der Waals surface area (Å²) >= 11 is 0. The third kappa shape index (κ3) is 3.88. The number of morpholine rings is 1. The third-order valence-corrected chi connectivity index (χ3v) is 4.30. The van der Waals surface area contributed by atoms with Gasteiger partial charge >= 0.3 is 0 Å². The molecule has 28 heavy (non-hydrogen) atoms.